The van der Waals surface area contributed by atoms with Crippen LogP contribution in [0.1, 0.15) is 24.0 Å². The number of para-hydroxylation sites is 1. The Morgan fingerprint density at radius 1 is 1.04 bits per heavy atom. The fourth-order valence-electron chi connectivity index (χ4n) is 3.02. The van der Waals surface area contributed by atoms with Crippen LogP contribution in [0.4, 0.5) is 0 Å². The van der Waals surface area contributed by atoms with Gasteiger partial charge in [-0.25, -0.2) is 12.7 Å². The molecule has 4 nitrogen and oxygen atoms in total. The summed E-state index contributed by atoms with van der Waals surface area (Å²) in [5.74, 6) is 0.914. The van der Waals surface area contributed by atoms with Crippen LogP contribution in [0.15, 0.2) is 54.6 Å². The summed E-state index contributed by atoms with van der Waals surface area (Å²) in [5, 5.41) is 0. The van der Waals surface area contributed by atoms with Crippen molar-refractivity contribution < 1.29 is 13.2 Å². The second-order valence-electron chi connectivity index (χ2n) is 6.27. The summed E-state index contributed by atoms with van der Waals surface area (Å²) in [6, 6.07) is 17.4. The van der Waals surface area contributed by atoms with Crippen LogP contribution in [0.5, 0.6) is 5.75 Å². The molecule has 0 radical (unpaired) electrons. The van der Waals surface area contributed by atoms with Gasteiger partial charge in [0.25, 0.3) is 0 Å². The van der Waals surface area contributed by atoms with E-state index in [-0.39, 0.29) is 11.9 Å². The highest BCUT2D eigenvalue weighted by Crippen LogP contribution is 2.22. The molecule has 5 heteroatoms. The van der Waals surface area contributed by atoms with Crippen molar-refractivity contribution in [3.63, 3.8) is 0 Å². The van der Waals surface area contributed by atoms with Gasteiger partial charge in [0.05, 0.1) is 5.75 Å². The molecule has 0 unspecified atom stereocenters. The van der Waals surface area contributed by atoms with Crippen LogP contribution in [0.3, 0.4) is 0 Å². The number of aryl methyl sites for hydroxylation is 1. The maximum atomic E-state index is 12.6. The van der Waals surface area contributed by atoms with Crippen molar-refractivity contribution in [2.24, 2.45) is 0 Å². The van der Waals surface area contributed by atoms with Crippen molar-refractivity contribution in [3.8, 4) is 5.75 Å². The highest BCUT2D eigenvalue weighted by molar-refractivity contribution is 7.88. The minimum absolute atomic E-state index is 0.0683. The standard InChI is InChI=1S/C19H23NO3S/c1-16-6-5-7-17(14-16)15-24(21,22)20-12-10-19(11-13-20)23-18-8-3-2-4-9-18/h2-9,14,19H,10-13,15H2,1H3. The molecule has 1 saturated heterocycles. The van der Waals surface area contributed by atoms with Gasteiger partial charge in [0.2, 0.25) is 10.0 Å². The SMILES string of the molecule is Cc1cccc(CS(=O)(=O)N2CCC(Oc3ccccc3)CC2)c1. The van der Waals surface area contributed by atoms with E-state index >= 15 is 0 Å². The van der Waals surface area contributed by atoms with Gasteiger partial charge < -0.3 is 4.74 Å². The summed E-state index contributed by atoms with van der Waals surface area (Å²) in [5.41, 5.74) is 1.93. The van der Waals surface area contributed by atoms with Gasteiger partial charge in [-0.3, -0.25) is 0 Å². The summed E-state index contributed by atoms with van der Waals surface area (Å²) in [6.45, 7) is 3.01. The molecular weight excluding hydrogens is 322 g/mol. The molecule has 0 aliphatic carbocycles. The van der Waals surface area contributed by atoms with E-state index in [1.54, 1.807) is 4.31 Å². The molecule has 0 saturated carbocycles. The summed E-state index contributed by atoms with van der Waals surface area (Å²) < 4.78 is 32.8. The fraction of sp³-hybridized carbons (Fsp3) is 0.368. The van der Waals surface area contributed by atoms with E-state index in [2.05, 4.69) is 0 Å². The largest absolute Gasteiger partial charge is 0.490 e. The molecule has 3 rings (SSSR count). The third-order valence-electron chi connectivity index (χ3n) is 4.27. The van der Waals surface area contributed by atoms with E-state index in [1.165, 1.54) is 0 Å². The van der Waals surface area contributed by atoms with E-state index < -0.39 is 10.0 Å². The van der Waals surface area contributed by atoms with Crippen LogP contribution >= 0.6 is 0 Å². The zero-order valence-corrected chi connectivity index (χ0v) is 14.7. The molecule has 0 atom stereocenters. The molecule has 24 heavy (non-hydrogen) atoms. The maximum absolute atomic E-state index is 12.6. The van der Waals surface area contributed by atoms with E-state index in [1.807, 2.05) is 61.5 Å². The molecule has 0 amide bonds. The lowest BCUT2D eigenvalue weighted by atomic mass is 10.1. The predicted molar refractivity (Wildman–Crippen MR) is 95.5 cm³/mol. The summed E-state index contributed by atoms with van der Waals surface area (Å²) in [6.07, 6.45) is 1.53. The Bertz CT molecular complexity index is 766. The van der Waals surface area contributed by atoms with Crippen LogP contribution in [-0.4, -0.2) is 31.9 Å². The minimum Gasteiger partial charge on any atom is -0.490 e. The zero-order chi connectivity index (χ0) is 17.0. The van der Waals surface area contributed by atoms with Crippen LogP contribution in [0.25, 0.3) is 0 Å². The third kappa shape index (κ3) is 4.36. The lowest BCUT2D eigenvalue weighted by Gasteiger charge is -2.31. The monoisotopic (exact) mass is 345 g/mol. The minimum atomic E-state index is -3.27. The number of rotatable bonds is 5. The van der Waals surface area contributed by atoms with Gasteiger partial charge >= 0.3 is 0 Å². The molecule has 128 valence electrons. The van der Waals surface area contributed by atoms with Crippen LogP contribution in [-0.2, 0) is 15.8 Å². The molecule has 1 aliphatic heterocycles. The first-order valence-electron chi connectivity index (χ1n) is 8.28. The van der Waals surface area contributed by atoms with Crippen molar-refractivity contribution in [3.05, 3.63) is 65.7 Å². The van der Waals surface area contributed by atoms with E-state index in [9.17, 15) is 8.42 Å². The Balaban J connectivity index is 1.57. The molecule has 2 aromatic rings. The molecule has 1 fully saturated rings. The summed E-state index contributed by atoms with van der Waals surface area (Å²) in [7, 11) is -3.27. The van der Waals surface area contributed by atoms with Crippen molar-refractivity contribution in [1.29, 1.82) is 0 Å². The quantitative estimate of drug-likeness (QED) is 0.835. The first-order valence-corrected chi connectivity index (χ1v) is 9.89. The topological polar surface area (TPSA) is 46.6 Å². The van der Waals surface area contributed by atoms with Gasteiger partial charge in [-0.15, -0.1) is 0 Å². The van der Waals surface area contributed by atoms with Crippen LogP contribution < -0.4 is 4.74 Å². The number of hydrogen-bond acceptors (Lipinski definition) is 3. The van der Waals surface area contributed by atoms with Crippen LogP contribution in [0, 0.1) is 6.92 Å². The summed E-state index contributed by atoms with van der Waals surface area (Å²) >= 11 is 0. The van der Waals surface area contributed by atoms with E-state index in [4.69, 9.17) is 4.74 Å². The number of sulfonamides is 1. The second-order valence-corrected chi connectivity index (χ2v) is 8.24. The maximum Gasteiger partial charge on any atom is 0.218 e. The Kier molecular flexibility index (Phi) is 5.21. The van der Waals surface area contributed by atoms with Gasteiger partial charge in [0, 0.05) is 13.1 Å². The normalized spacial score (nSPS) is 16.9. The summed E-state index contributed by atoms with van der Waals surface area (Å²) in [4.78, 5) is 0. The number of ether oxygens (including phenoxy) is 1. The van der Waals surface area contributed by atoms with Crippen molar-refractivity contribution in [2.75, 3.05) is 13.1 Å². The van der Waals surface area contributed by atoms with Crippen molar-refractivity contribution in [1.82, 2.24) is 4.31 Å². The average molecular weight is 345 g/mol. The lowest BCUT2D eigenvalue weighted by molar-refractivity contribution is 0.135. The van der Waals surface area contributed by atoms with Gasteiger partial charge in [-0.2, -0.15) is 0 Å². The molecule has 1 heterocycles. The molecular formula is C19H23NO3S. The molecule has 0 aromatic heterocycles. The molecule has 2 aromatic carbocycles. The highest BCUT2D eigenvalue weighted by Gasteiger charge is 2.29. The fourth-order valence-corrected chi connectivity index (χ4v) is 4.57. The number of nitrogens with zero attached hydrogens (tertiary/aromatic N) is 1. The molecule has 0 N–H and O–H groups in total. The van der Waals surface area contributed by atoms with Gasteiger partial charge in [0.15, 0.2) is 0 Å². The van der Waals surface area contributed by atoms with Gasteiger partial charge in [-0.1, -0.05) is 48.0 Å². The first-order chi connectivity index (χ1) is 11.5. The Morgan fingerprint density at radius 3 is 2.42 bits per heavy atom. The van der Waals surface area contributed by atoms with E-state index in [0.29, 0.717) is 13.1 Å². The molecule has 1 aliphatic rings. The van der Waals surface area contributed by atoms with Gasteiger partial charge in [0.1, 0.15) is 11.9 Å². The molecule has 0 spiro atoms. The molecule has 0 bridgehead atoms. The Hall–Kier alpha value is -1.85. The average Bonchev–Trinajstić information content (AvgIpc) is 2.56. The Morgan fingerprint density at radius 2 is 1.75 bits per heavy atom. The zero-order valence-electron chi connectivity index (χ0n) is 13.9. The smallest absolute Gasteiger partial charge is 0.218 e. The first kappa shape index (κ1) is 17.0. The predicted octanol–water partition coefficient (Wildman–Crippen LogP) is 3.37. The van der Waals surface area contributed by atoms with Gasteiger partial charge in [-0.05, 0) is 37.5 Å². The number of benzene rings is 2. The number of hydrogen-bond donors (Lipinski definition) is 0. The second kappa shape index (κ2) is 7.36. The third-order valence-corrected chi connectivity index (χ3v) is 6.12. The van der Waals surface area contributed by atoms with E-state index in [0.717, 1.165) is 29.7 Å². The highest BCUT2D eigenvalue weighted by atomic mass is 32.2. The van der Waals surface area contributed by atoms with Crippen molar-refractivity contribution >= 4 is 10.0 Å². The van der Waals surface area contributed by atoms with Crippen molar-refractivity contribution in [2.45, 2.75) is 31.6 Å². The Labute approximate surface area is 144 Å². The van der Waals surface area contributed by atoms with Crippen LogP contribution in [0.2, 0.25) is 0 Å². The number of piperidine rings is 1. The lowest BCUT2D eigenvalue weighted by Crippen LogP contribution is -2.42.